The van der Waals surface area contributed by atoms with Crippen LogP contribution in [0.3, 0.4) is 0 Å². The number of carbonyl (C=O) groups excluding carboxylic acids is 1. The lowest BCUT2D eigenvalue weighted by Gasteiger charge is -2.31. The van der Waals surface area contributed by atoms with E-state index in [0.717, 1.165) is 36.4 Å². The largest absolute Gasteiger partial charge is 0.325 e. The number of carbonyl (C=O) groups is 1. The molecule has 1 atom stereocenters. The Balaban J connectivity index is 1.92. The van der Waals surface area contributed by atoms with E-state index in [9.17, 15) is 4.79 Å². The molecule has 0 aromatic heterocycles. The summed E-state index contributed by atoms with van der Waals surface area (Å²) in [5.74, 6) is 0.0720. The number of nitrogens with zero attached hydrogens (tertiary/aromatic N) is 1. The van der Waals surface area contributed by atoms with Gasteiger partial charge in [0.15, 0.2) is 0 Å². The van der Waals surface area contributed by atoms with Crippen LogP contribution in [0.2, 0.25) is 0 Å². The molecule has 0 bridgehead atoms. The van der Waals surface area contributed by atoms with Crippen molar-refractivity contribution in [3.63, 3.8) is 0 Å². The maximum absolute atomic E-state index is 12.1. The van der Waals surface area contributed by atoms with Crippen LogP contribution in [-0.4, -0.2) is 43.0 Å². The number of aryl methyl sites for hydroxylation is 2. The van der Waals surface area contributed by atoms with E-state index in [-0.39, 0.29) is 5.91 Å². The zero-order chi connectivity index (χ0) is 13.8. The SMILES string of the molecule is Cc1ccc(C)c(NC(=O)CN2CCNC(C)C2)c1. The summed E-state index contributed by atoms with van der Waals surface area (Å²) in [7, 11) is 0. The zero-order valence-electron chi connectivity index (χ0n) is 12.0. The quantitative estimate of drug-likeness (QED) is 0.867. The normalized spacial score (nSPS) is 20.3. The van der Waals surface area contributed by atoms with Gasteiger partial charge in [-0.3, -0.25) is 9.69 Å². The van der Waals surface area contributed by atoms with Gasteiger partial charge in [-0.1, -0.05) is 12.1 Å². The Morgan fingerprint density at radius 1 is 1.47 bits per heavy atom. The molecule has 4 heteroatoms. The molecule has 1 saturated heterocycles. The molecule has 1 aliphatic rings. The van der Waals surface area contributed by atoms with Gasteiger partial charge in [0.2, 0.25) is 5.91 Å². The van der Waals surface area contributed by atoms with Crippen LogP contribution in [0.5, 0.6) is 0 Å². The van der Waals surface area contributed by atoms with Gasteiger partial charge >= 0.3 is 0 Å². The van der Waals surface area contributed by atoms with Crippen LogP contribution in [0.15, 0.2) is 18.2 Å². The summed E-state index contributed by atoms with van der Waals surface area (Å²) in [4.78, 5) is 14.3. The van der Waals surface area contributed by atoms with Gasteiger partial charge in [-0.05, 0) is 38.0 Å². The number of anilines is 1. The molecular weight excluding hydrogens is 238 g/mol. The fourth-order valence-electron chi connectivity index (χ4n) is 2.42. The highest BCUT2D eigenvalue weighted by molar-refractivity contribution is 5.93. The van der Waals surface area contributed by atoms with E-state index in [1.807, 2.05) is 26.0 Å². The van der Waals surface area contributed by atoms with E-state index in [1.54, 1.807) is 0 Å². The highest BCUT2D eigenvalue weighted by atomic mass is 16.2. The molecule has 1 fully saturated rings. The van der Waals surface area contributed by atoms with Crippen LogP contribution >= 0.6 is 0 Å². The van der Waals surface area contributed by atoms with Gasteiger partial charge in [-0.2, -0.15) is 0 Å². The van der Waals surface area contributed by atoms with Crippen LogP contribution in [-0.2, 0) is 4.79 Å². The lowest BCUT2D eigenvalue weighted by molar-refractivity contribution is -0.117. The van der Waals surface area contributed by atoms with Gasteiger partial charge in [-0.15, -0.1) is 0 Å². The number of hydrogen-bond acceptors (Lipinski definition) is 3. The predicted molar refractivity (Wildman–Crippen MR) is 78.5 cm³/mol. The topological polar surface area (TPSA) is 44.4 Å². The molecule has 19 heavy (non-hydrogen) atoms. The molecule has 4 nitrogen and oxygen atoms in total. The highest BCUT2D eigenvalue weighted by Gasteiger charge is 2.18. The molecule has 104 valence electrons. The van der Waals surface area contributed by atoms with Crippen molar-refractivity contribution in [2.45, 2.75) is 26.8 Å². The summed E-state index contributed by atoms with van der Waals surface area (Å²) in [6.07, 6.45) is 0. The fourth-order valence-corrected chi connectivity index (χ4v) is 2.42. The molecule has 2 rings (SSSR count). The van der Waals surface area contributed by atoms with Gasteiger partial charge in [-0.25, -0.2) is 0 Å². The molecule has 1 aromatic carbocycles. The molecule has 0 saturated carbocycles. The summed E-state index contributed by atoms with van der Waals surface area (Å²) < 4.78 is 0. The van der Waals surface area contributed by atoms with Crippen molar-refractivity contribution >= 4 is 11.6 Å². The lowest BCUT2D eigenvalue weighted by Crippen LogP contribution is -2.51. The Kier molecular flexibility index (Phi) is 4.56. The maximum atomic E-state index is 12.1. The van der Waals surface area contributed by atoms with E-state index in [4.69, 9.17) is 0 Å². The smallest absolute Gasteiger partial charge is 0.238 e. The first-order chi connectivity index (χ1) is 9.04. The molecule has 1 heterocycles. The molecular formula is C15H23N3O. The number of amides is 1. The molecule has 1 aromatic rings. The Morgan fingerprint density at radius 3 is 3.00 bits per heavy atom. The number of nitrogens with one attached hydrogen (secondary N) is 2. The van der Waals surface area contributed by atoms with Gasteiger partial charge in [0.25, 0.3) is 0 Å². The van der Waals surface area contributed by atoms with Crippen molar-refractivity contribution in [1.82, 2.24) is 10.2 Å². The molecule has 0 spiro atoms. The average Bonchev–Trinajstić information content (AvgIpc) is 2.34. The second-order valence-corrected chi connectivity index (χ2v) is 5.46. The summed E-state index contributed by atoms with van der Waals surface area (Å²) >= 11 is 0. The number of hydrogen-bond donors (Lipinski definition) is 2. The maximum Gasteiger partial charge on any atom is 0.238 e. The molecule has 1 unspecified atom stereocenters. The van der Waals surface area contributed by atoms with E-state index < -0.39 is 0 Å². The second kappa shape index (κ2) is 6.17. The molecule has 1 aliphatic heterocycles. The van der Waals surface area contributed by atoms with Crippen LogP contribution in [0.1, 0.15) is 18.1 Å². The first kappa shape index (κ1) is 14.0. The van der Waals surface area contributed by atoms with E-state index in [0.29, 0.717) is 12.6 Å². The predicted octanol–water partition coefficient (Wildman–Crippen LogP) is 1.54. The number of benzene rings is 1. The Labute approximate surface area is 115 Å². The third-order valence-electron chi connectivity index (χ3n) is 3.49. The first-order valence-electron chi connectivity index (χ1n) is 6.87. The van der Waals surface area contributed by atoms with E-state index >= 15 is 0 Å². The second-order valence-electron chi connectivity index (χ2n) is 5.46. The lowest BCUT2D eigenvalue weighted by atomic mass is 10.1. The van der Waals surface area contributed by atoms with Crippen LogP contribution < -0.4 is 10.6 Å². The van der Waals surface area contributed by atoms with Crippen molar-refractivity contribution < 1.29 is 4.79 Å². The standard InChI is InChI=1S/C15H23N3O/c1-11-4-5-12(2)14(8-11)17-15(19)10-18-7-6-16-13(3)9-18/h4-5,8,13,16H,6-7,9-10H2,1-3H3,(H,17,19). The van der Waals surface area contributed by atoms with Crippen molar-refractivity contribution in [3.8, 4) is 0 Å². The van der Waals surface area contributed by atoms with Crippen LogP contribution in [0, 0.1) is 13.8 Å². The Morgan fingerprint density at radius 2 is 2.26 bits per heavy atom. The van der Waals surface area contributed by atoms with Crippen molar-refractivity contribution in [1.29, 1.82) is 0 Å². The number of piperazine rings is 1. The van der Waals surface area contributed by atoms with Crippen molar-refractivity contribution in [2.75, 3.05) is 31.5 Å². The Bertz CT molecular complexity index is 459. The highest BCUT2D eigenvalue weighted by Crippen LogP contribution is 2.16. The van der Waals surface area contributed by atoms with Crippen LogP contribution in [0.25, 0.3) is 0 Å². The van der Waals surface area contributed by atoms with Crippen molar-refractivity contribution in [2.24, 2.45) is 0 Å². The Hall–Kier alpha value is -1.39. The number of rotatable bonds is 3. The average molecular weight is 261 g/mol. The minimum atomic E-state index is 0.0720. The van der Waals surface area contributed by atoms with Gasteiger partial charge in [0.05, 0.1) is 6.54 Å². The van der Waals surface area contributed by atoms with Gasteiger partial charge in [0, 0.05) is 31.4 Å². The molecule has 2 N–H and O–H groups in total. The monoisotopic (exact) mass is 261 g/mol. The summed E-state index contributed by atoms with van der Waals surface area (Å²) in [5.41, 5.74) is 3.19. The van der Waals surface area contributed by atoms with Gasteiger partial charge in [0.1, 0.15) is 0 Å². The summed E-state index contributed by atoms with van der Waals surface area (Å²) in [5, 5.41) is 6.39. The molecule has 0 radical (unpaired) electrons. The summed E-state index contributed by atoms with van der Waals surface area (Å²) in [6.45, 7) is 9.49. The van der Waals surface area contributed by atoms with Crippen molar-refractivity contribution in [3.05, 3.63) is 29.3 Å². The first-order valence-corrected chi connectivity index (χ1v) is 6.87. The third-order valence-corrected chi connectivity index (χ3v) is 3.49. The molecule has 1 amide bonds. The third kappa shape index (κ3) is 4.04. The van der Waals surface area contributed by atoms with Gasteiger partial charge < -0.3 is 10.6 Å². The van der Waals surface area contributed by atoms with E-state index in [2.05, 4.69) is 28.5 Å². The zero-order valence-corrected chi connectivity index (χ0v) is 12.0. The van der Waals surface area contributed by atoms with E-state index in [1.165, 1.54) is 0 Å². The minimum Gasteiger partial charge on any atom is -0.325 e. The summed E-state index contributed by atoms with van der Waals surface area (Å²) in [6, 6.07) is 6.58. The fraction of sp³-hybridized carbons (Fsp3) is 0.533. The molecule has 0 aliphatic carbocycles. The van der Waals surface area contributed by atoms with Crippen LogP contribution in [0.4, 0.5) is 5.69 Å². The minimum absolute atomic E-state index is 0.0720.